The van der Waals surface area contributed by atoms with Gasteiger partial charge in [-0.2, -0.15) is 5.26 Å². The number of nitrogens with two attached hydrogens (primary N) is 3. The lowest BCUT2D eigenvalue weighted by Gasteiger charge is -2.07. The number of rotatable bonds is 4. The zero-order valence-electron chi connectivity index (χ0n) is 22.2. The number of thioether (sulfide) groups is 1. The average Bonchev–Trinajstić information content (AvgIpc) is 3.65. The first-order valence-corrected chi connectivity index (χ1v) is 13.8. The van der Waals surface area contributed by atoms with Crippen LogP contribution in [-0.4, -0.2) is 9.97 Å². The van der Waals surface area contributed by atoms with Crippen LogP contribution in [0.1, 0.15) is 28.3 Å². The summed E-state index contributed by atoms with van der Waals surface area (Å²) in [7, 11) is 0. The van der Waals surface area contributed by atoms with Gasteiger partial charge in [0.1, 0.15) is 5.40 Å². The summed E-state index contributed by atoms with van der Waals surface area (Å²) in [5.74, 6) is 0. The summed E-state index contributed by atoms with van der Waals surface area (Å²) in [5.41, 5.74) is 27.9. The number of fused-ring (bicyclic) bond motifs is 4. The fraction of sp³-hybridized carbons (Fsp3) is 0.0294. The molecule has 2 aromatic carbocycles. The van der Waals surface area contributed by atoms with Crippen molar-refractivity contribution in [2.45, 2.75) is 11.4 Å². The summed E-state index contributed by atoms with van der Waals surface area (Å²) < 4.78 is 0. The van der Waals surface area contributed by atoms with Crippen molar-refractivity contribution in [2.24, 2.45) is 5.73 Å². The Kier molecular flexibility index (Phi) is 8.55. The molecule has 0 saturated carbocycles. The Bertz CT molecular complexity index is 1770. The van der Waals surface area contributed by atoms with Gasteiger partial charge in [-0.15, -0.1) is 0 Å². The van der Waals surface area contributed by atoms with Gasteiger partial charge in [-0.05, 0) is 89.2 Å². The molecule has 200 valence electrons. The fourth-order valence-corrected chi connectivity index (χ4v) is 4.87. The van der Waals surface area contributed by atoms with Crippen LogP contribution in [0.2, 0.25) is 0 Å². The number of aromatic nitrogens is 2. The van der Waals surface area contributed by atoms with Crippen LogP contribution in [0.3, 0.4) is 0 Å². The number of nitrogens with zero attached hydrogens (tertiary/aromatic N) is 3. The molecule has 3 aromatic rings. The van der Waals surface area contributed by atoms with E-state index in [-0.39, 0.29) is 0 Å². The number of benzene rings is 2. The van der Waals surface area contributed by atoms with Crippen LogP contribution < -0.4 is 17.2 Å². The molecular formula is C34H28N6S. The van der Waals surface area contributed by atoms with E-state index < -0.39 is 0 Å². The van der Waals surface area contributed by atoms with Crippen molar-refractivity contribution in [3.05, 3.63) is 125 Å². The lowest BCUT2D eigenvalue weighted by molar-refractivity contribution is 1.07. The standard InChI is InChI=1S/C34H28N6S/c35-21-23-9-11-24(12-10-23)33-29(37)7-3-1-6-27-16-20-32(40-27)34(25-13-17-28(18-14-25)41-22-36)30(38)8-4-2-5-26-15-19-31(33)39-26/h1-20H,21,35,37-38H2. The monoisotopic (exact) mass is 552 g/mol. The average molecular weight is 553 g/mol. The lowest BCUT2D eigenvalue weighted by atomic mass is 10.0. The van der Waals surface area contributed by atoms with E-state index in [2.05, 4.69) is 5.40 Å². The molecule has 1 aromatic heterocycles. The second-order valence-electron chi connectivity index (χ2n) is 9.23. The lowest BCUT2D eigenvalue weighted by Crippen LogP contribution is -1.96. The van der Waals surface area contributed by atoms with Gasteiger partial charge in [-0.3, -0.25) is 0 Å². The number of nitriles is 1. The topological polar surface area (TPSA) is 128 Å². The van der Waals surface area contributed by atoms with Crippen molar-refractivity contribution in [3.63, 3.8) is 0 Å². The van der Waals surface area contributed by atoms with Crippen LogP contribution in [0.25, 0.3) is 46.6 Å². The van der Waals surface area contributed by atoms with E-state index in [1.165, 1.54) is 0 Å². The third-order valence-electron chi connectivity index (χ3n) is 6.51. The summed E-state index contributed by atoms with van der Waals surface area (Å²) in [5, 5.41) is 11.1. The van der Waals surface area contributed by atoms with E-state index in [0.29, 0.717) is 17.9 Å². The third-order valence-corrected chi connectivity index (χ3v) is 7.10. The molecule has 7 heteroatoms. The van der Waals surface area contributed by atoms with Crippen LogP contribution in [0.15, 0.2) is 102 Å². The van der Waals surface area contributed by atoms with E-state index in [4.69, 9.17) is 32.4 Å². The third kappa shape index (κ3) is 6.53. The summed E-state index contributed by atoms with van der Waals surface area (Å²) in [6.45, 7) is 0.475. The van der Waals surface area contributed by atoms with E-state index in [1.54, 1.807) is 0 Å². The maximum absolute atomic E-state index is 8.99. The van der Waals surface area contributed by atoms with E-state index in [0.717, 1.165) is 67.3 Å². The van der Waals surface area contributed by atoms with Gasteiger partial charge in [0, 0.05) is 33.9 Å². The Morgan fingerprint density at radius 1 is 0.610 bits per heavy atom. The highest BCUT2D eigenvalue weighted by Crippen LogP contribution is 2.32. The maximum atomic E-state index is 8.99. The number of anilines is 2. The minimum Gasteiger partial charge on any atom is -0.398 e. The fourth-order valence-electron chi connectivity index (χ4n) is 4.49. The van der Waals surface area contributed by atoms with Crippen LogP contribution >= 0.6 is 11.8 Å². The number of hydrogen-bond acceptors (Lipinski definition) is 7. The molecule has 0 saturated heterocycles. The quantitative estimate of drug-likeness (QED) is 0.157. The highest BCUT2D eigenvalue weighted by molar-refractivity contribution is 8.03. The summed E-state index contributed by atoms with van der Waals surface area (Å²) in [6.07, 6.45) is 7.83. The van der Waals surface area contributed by atoms with Crippen LogP contribution in [-0.2, 0) is 6.54 Å². The van der Waals surface area contributed by atoms with Crippen molar-refractivity contribution in [1.29, 1.82) is 5.26 Å². The minimum atomic E-state index is 0.475. The minimum absolute atomic E-state index is 0.475. The molecule has 5 rings (SSSR count). The van der Waals surface area contributed by atoms with Gasteiger partial charge in [0.25, 0.3) is 0 Å². The zero-order valence-corrected chi connectivity index (χ0v) is 23.1. The largest absolute Gasteiger partial charge is 0.398 e. The molecule has 4 bridgehead atoms. The van der Waals surface area contributed by atoms with E-state index in [9.17, 15) is 0 Å². The first kappa shape index (κ1) is 27.4. The Morgan fingerprint density at radius 3 is 1.54 bits per heavy atom. The van der Waals surface area contributed by atoms with Gasteiger partial charge in [0.05, 0.1) is 22.8 Å². The smallest absolute Gasteiger partial charge is 0.138 e. The van der Waals surface area contributed by atoms with Gasteiger partial charge >= 0.3 is 0 Å². The van der Waals surface area contributed by atoms with Crippen LogP contribution in [0.4, 0.5) is 11.4 Å². The van der Waals surface area contributed by atoms with Gasteiger partial charge in [-0.1, -0.05) is 60.7 Å². The number of thiocyanates is 1. The molecule has 41 heavy (non-hydrogen) atoms. The van der Waals surface area contributed by atoms with Crippen LogP contribution in [0, 0.1) is 10.7 Å². The molecule has 2 aliphatic heterocycles. The molecule has 0 amide bonds. The Balaban J connectivity index is 1.69. The Labute approximate surface area is 243 Å². The second-order valence-corrected chi connectivity index (χ2v) is 10.1. The molecule has 3 heterocycles. The SMILES string of the molecule is N#CSc1ccc(-c2c(N)ccccc3nc(c(-c4ccc(CN)cc4)c(N)ccccc4nc2C=C4)C=C3)cc1. The Hall–Kier alpha value is -5.16. The molecule has 6 nitrogen and oxygen atoms in total. The summed E-state index contributed by atoms with van der Waals surface area (Å²) in [6, 6.07) is 30.9. The summed E-state index contributed by atoms with van der Waals surface area (Å²) in [4.78, 5) is 10.5. The van der Waals surface area contributed by atoms with Gasteiger partial charge in [0.2, 0.25) is 0 Å². The van der Waals surface area contributed by atoms with Gasteiger partial charge in [0.15, 0.2) is 0 Å². The molecule has 0 spiro atoms. The molecule has 6 N–H and O–H groups in total. The number of hydrogen-bond donors (Lipinski definition) is 3. The molecule has 0 radical (unpaired) electrons. The van der Waals surface area contributed by atoms with Crippen LogP contribution in [0.5, 0.6) is 0 Å². The van der Waals surface area contributed by atoms with Gasteiger partial charge < -0.3 is 17.2 Å². The van der Waals surface area contributed by atoms with Crippen molar-refractivity contribution < 1.29 is 0 Å². The first-order chi connectivity index (χ1) is 20.1. The second kappa shape index (κ2) is 12.8. The molecule has 0 unspecified atom stereocenters. The maximum Gasteiger partial charge on any atom is 0.138 e. The molecule has 2 aliphatic rings. The van der Waals surface area contributed by atoms with Crippen molar-refractivity contribution in [3.8, 4) is 27.7 Å². The van der Waals surface area contributed by atoms with E-state index in [1.807, 2.05) is 121 Å². The molecular weight excluding hydrogens is 524 g/mol. The van der Waals surface area contributed by atoms with Crippen molar-refractivity contribution in [1.82, 2.24) is 9.97 Å². The normalized spacial score (nSPS) is 11.2. The molecule has 0 fully saturated rings. The highest BCUT2D eigenvalue weighted by Gasteiger charge is 2.11. The highest BCUT2D eigenvalue weighted by atomic mass is 32.2. The zero-order chi connectivity index (χ0) is 28.6. The number of nitrogen functional groups attached to an aromatic ring is 2. The molecule has 0 aliphatic carbocycles. The Morgan fingerprint density at radius 2 is 1.07 bits per heavy atom. The first-order valence-electron chi connectivity index (χ1n) is 13.0. The van der Waals surface area contributed by atoms with Crippen molar-refractivity contribution in [2.75, 3.05) is 11.5 Å². The van der Waals surface area contributed by atoms with E-state index >= 15 is 0 Å². The van der Waals surface area contributed by atoms with Crippen molar-refractivity contribution >= 4 is 47.4 Å². The molecule has 0 atom stereocenters. The predicted octanol–water partition coefficient (Wildman–Crippen LogP) is 7.35. The predicted molar refractivity (Wildman–Crippen MR) is 172 cm³/mol. The van der Waals surface area contributed by atoms with Gasteiger partial charge in [-0.25, -0.2) is 9.97 Å². The summed E-state index contributed by atoms with van der Waals surface area (Å²) >= 11 is 1.12.